The van der Waals surface area contributed by atoms with Crippen LogP contribution in [0.5, 0.6) is 0 Å². The van der Waals surface area contributed by atoms with Crippen LogP contribution in [0, 0.1) is 12.3 Å². The van der Waals surface area contributed by atoms with Crippen molar-refractivity contribution in [1.29, 1.82) is 0 Å². The van der Waals surface area contributed by atoms with Gasteiger partial charge >= 0.3 is 6.18 Å². The third-order valence-electron chi connectivity index (χ3n) is 1.73. The molecule has 0 aliphatic carbocycles. The average molecular weight is 249 g/mol. The smallest absolute Gasteiger partial charge is 0.368 e. The summed E-state index contributed by atoms with van der Waals surface area (Å²) in [5.74, 6) is 2.58. The minimum atomic E-state index is -4.44. The van der Waals surface area contributed by atoms with E-state index in [0.29, 0.717) is 13.0 Å². The van der Waals surface area contributed by atoms with E-state index in [4.69, 9.17) is 18.0 Å². The molecule has 0 radical (unpaired) electrons. The number of aromatic nitrogens is 1. The zero-order chi connectivity index (χ0) is 12.2. The van der Waals surface area contributed by atoms with E-state index in [2.05, 4.69) is 16.2 Å². The third-order valence-corrected chi connectivity index (χ3v) is 2.02. The van der Waals surface area contributed by atoms with Gasteiger partial charge in [-0.3, -0.25) is 0 Å². The highest BCUT2D eigenvalue weighted by Crippen LogP contribution is 2.32. The summed E-state index contributed by atoms with van der Waals surface area (Å²) in [6.45, 7) is 0.411. The van der Waals surface area contributed by atoms with Gasteiger partial charge in [0.1, 0.15) is 5.82 Å². The van der Waals surface area contributed by atoms with Gasteiger partial charge in [-0.25, -0.2) is 4.98 Å². The molecule has 0 aliphatic heterocycles. The Morgan fingerprint density at radius 3 is 2.69 bits per heavy atom. The molecule has 0 amide bonds. The summed E-state index contributed by atoms with van der Waals surface area (Å²) in [5, 5.41) is 2.66. The van der Waals surface area contributed by atoms with Crippen molar-refractivity contribution in [2.75, 3.05) is 11.9 Å². The quantitative estimate of drug-likeness (QED) is 0.656. The zero-order valence-corrected chi connectivity index (χ0v) is 8.86. The van der Waals surface area contributed by atoms with Gasteiger partial charge in [-0.15, -0.1) is 12.3 Å². The van der Waals surface area contributed by atoms with Crippen LogP contribution >= 0.6 is 11.6 Å². The molecule has 0 fully saturated rings. The van der Waals surface area contributed by atoms with Crippen molar-refractivity contribution in [3.05, 3.63) is 22.8 Å². The number of hydrogen-bond acceptors (Lipinski definition) is 2. The van der Waals surface area contributed by atoms with Gasteiger partial charge in [0.2, 0.25) is 0 Å². The fourth-order valence-electron chi connectivity index (χ4n) is 0.976. The molecule has 0 spiro atoms. The van der Waals surface area contributed by atoms with Gasteiger partial charge in [-0.05, 0) is 6.07 Å². The fourth-order valence-corrected chi connectivity index (χ4v) is 1.21. The monoisotopic (exact) mass is 248 g/mol. The first kappa shape index (κ1) is 12.7. The molecule has 1 rings (SSSR count). The molecule has 0 aromatic carbocycles. The fraction of sp³-hybridized carbons (Fsp3) is 0.300. The van der Waals surface area contributed by atoms with Gasteiger partial charge in [0.05, 0.1) is 10.6 Å². The molecule has 86 valence electrons. The van der Waals surface area contributed by atoms with Gasteiger partial charge in [0, 0.05) is 19.2 Å². The molecule has 1 aromatic rings. The topological polar surface area (TPSA) is 24.9 Å². The molecule has 1 N–H and O–H groups in total. The summed E-state index contributed by atoms with van der Waals surface area (Å²) >= 11 is 5.64. The molecule has 1 heterocycles. The minimum absolute atomic E-state index is 0.0770. The molecular weight excluding hydrogens is 241 g/mol. The number of pyridine rings is 1. The van der Waals surface area contributed by atoms with Crippen molar-refractivity contribution in [2.45, 2.75) is 12.6 Å². The number of alkyl halides is 3. The Hall–Kier alpha value is -1.41. The first-order valence-corrected chi connectivity index (χ1v) is 4.73. The summed E-state index contributed by atoms with van der Waals surface area (Å²) in [6.07, 6.45) is 1.75. The lowest BCUT2D eigenvalue weighted by Crippen LogP contribution is -2.08. The summed E-state index contributed by atoms with van der Waals surface area (Å²) in [7, 11) is 0. The highest BCUT2D eigenvalue weighted by molar-refractivity contribution is 6.32. The van der Waals surface area contributed by atoms with Crippen LogP contribution in [-0.4, -0.2) is 11.5 Å². The Balaban J connectivity index is 2.80. The van der Waals surface area contributed by atoms with Crippen LogP contribution in [0.15, 0.2) is 12.3 Å². The second-order valence-electron chi connectivity index (χ2n) is 2.93. The van der Waals surface area contributed by atoms with E-state index in [1.807, 2.05) is 0 Å². The van der Waals surface area contributed by atoms with E-state index in [-0.39, 0.29) is 10.8 Å². The van der Waals surface area contributed by atoms with E-state index in [9.17, 15) is 13.2 Å². The Bertz CT molecular complexity index is 410. The summed E-state index contributed by atoms with van der Waals surface area (Å²) < 4.78 is 36.8. The lowest BCUT2D eigenvalue weighted by Gasteiger charge is -2.09. The average Bonchev–Trinajstić information content (AvgIpc) is 2.19. The first-order chi connectivity index (χ1) is 7.45. The van der Waals surface area contributed by atoms with Crippen LogP contribution in [0.3, 0.4) is 0 Å². The third kappa shape index (κ3) is 3.31. The lowest BCUT2D eigenvalue weighted by atomic mass is 10.3. The van der Waals surface area contributed by atoms with Crippen LogP contribution in [-0.2, 0) is 6.18 Å². The molecule has 0 aliphatic rings. The number of nitrogens with one attached hydrogen (secondary N) is 1. The molecule has 0 unspecified atom stereocenters. The predicted molar refractivity (Wildman–Crippen MR) is 56.2 cm³/mol. The predicted octanol–water partition coefficient (Wildman–Crippen LogP) is 3.19. The van der Waals surface area contributed by atoms with Crippen molar-refractivity contribution >= 4 is 17.4 Å². The molecule has 6 heteroatoms. The maximum Gasteiger partial charge on any atom is 0.417 e. The summed E-state index contributed by atoms with van der Waals surface area (Å²) in [4.78, 5) is 3.58. The maximum atomic E-state index is 12.3. The molecule has 0 saturated heterocycles. The number of halogens is 4. The van der Waals surface area contributed by atoms with E-state index in [1.54, 1.807) is 0 Å². The van der Waals surface area contributed by atoms with Gasteiger partial charge in [0.25, 0.3) is 0 Å². The molecular formula is C10H8ClF3N2. The molecule has 16 heavy (non-hydrogen) atoms. The standard InChI is InChI=1S/C10H8ClF3N2/c1-2-3-4-15-9-8(11)5-7(6-16-9)10(12,13)14/h1,5-6H,3-4H2,(H,15,16). The number of nitrogens with zero attached hydrogens (tertiary/aromatic N) is 1. The molecule has 0 bridgehead atoms. The second-order valence-corrected chi connectivity index (χ2v) is 3.34. The van der Waals surface area contributed by atoms with Gasteiger partial charge < -0.3 is 5.32 Å². The molecule has 2 nitrogen and oxygen atoms in total. The molecule has 1 aromatic heterocycles. The molecule has 0 atom stereocenters. The largest absolute Gasteiger partial charge is 0.417 e. The van der Waals surface area contributed by atoms with E-state index < -0.39 is 11.7 Å². The SMILES string of the molecule is C#CCCNc1ncc(C(F)(F)F)cc1Cl. The van der Waals surface area contributed by atoms with E-state index >= 15 is 0 Å². The Labute approximate surface area is 95.8 Å². The van der Waals surface area contributed by atoms with Crippen molar-refractivity contribution in [3.8, 4) is 12.3 Å². The summed E-state index contributed by atoms with van der Waals surface area (Å²) in [6, 6.07) is 0.826. The maximum absolute atomic E-state index is 12.3. The van der Waals surface area contributed by atoms with Gasteiger partial charge in [-0.2, -0.15) is 13.2 Å². The van der Waals surface area contributed by atoms with Crippen molar-refractivity contribution in [2.24, 2.45) is 0 Å². The van der Waals surface area contributed by atoms with E-state index in [0.717, 1.165) is 12.3 Å². The van der Waals surface area contributed by atoms with Crippen LogP contribution in [0.4, 0.5) is 19.0 Å². The number of hydrogen-bond donors (Lipinski definition) is 1. The van der Waals surface area contributed by atoms with Gasteiger partial charge in [-0.1, -0.05) is 11.6 Å². The highest BCUT2D eigenvalue weighted by Gasteiger charge is 2.31. The van der Waals surface area contributed by atoms with Crippen LogP contribution in [0.25, 0.3) is 0 Å². The van der Waals surface area contributed by atoms with Crippen molar-refractivity contribution in [3.63, 3.8) is 0 Å². The Morgan fingerprint density at radius 1 is 1.50 bits per heavy atom. The van der Waals surface area contributed by atoms with Crippen molar-refractivity contribution < 1.29 is 13.2 Å². The molecule has 0 saturated carbocycles. The number of anilines is 1. The highest BCUT2D eigenvalue weighted by atomic mass is 35.5. The Kier molecular flexibility index (Phi) is 4.02. The van der Waals surface area contributed by atoms with E-state index in [1.165, 1.54) is 0 Å². The normalized spacial score (nSPS) is 10.9. The van der Waals surface area contributed by atoms with Gasteiger partial charge in [0.15, 0.2) is 0 Å². The van der Waals surface area contributed by atoms with Crippen LogP contribution in [0.2, 0.25) is 5.02 Å². The number of terminal acetylenes is 1. The number of rotatable bonds is 3. The van der Waals surface area contributed by atoms with Crippen molar-refractivity contribution in [1.82, 2.24) is 4.98 Å². The zero-order valence-electron chi connectivity index (χ0n) is 8.11. The first-order valence-electron chi connectivity index (χ1n) is 4.35. The van der Waals surface area contributed by atoms with Crippen LogP contribution in [0.1, 0.15) is 12.0 Å². The summed E-state index contributed by atoms with van der Waals surface area (Å²) in [5.41, 5.74) is -0.875. The minimum Gasteiger partial charge on any atom is -0.368 e. The Morgan fingerprint density at radius 2 is 2.19 bits per heavy atom. The lowest BCUT2D eigenvalue weighted by molar-refractivity contribution is -0.137. The second kappa shape index (κ2) is 5.08. The van der Waals surface area contributed by atoms with Crippen LogP contribution < -0.4 is 5.32 Å².